The second-order valence-electron chi connectivity index (χ2n) is 5.42. The van der Waals surface area contributed by atoms with Crippen molar-refractivity contribution in [1.29, 1.82) is 0 Å². The van der Waals surface area contributed by atoms with Crippen molar-refractivity contribution in [3.63, 3.8) is 0 Å². The van der Waals surface area contributed by atoms with Crippen LogP contribution in [-0.2, 0) is 0 Å². The average Bonchev–Trinajstić information content (AvgIpc) is 2.93. The Hall–Kier alpha value is -0.580. The van der Waals surface area contributed by atoms with Crippen molar-refractivity contribution in [3.05, 3.63) is 16.1 Å². The SMILES string of the molecule is CCCCCCCC(C)Nc1c(Cl)cc(Cl)c2nsnc12. The fraction of sp³-hybridized carbons (Fsp3) is 0.600. The average molecular weight is 346 g/mol. The van der Waals surface area contributed by atoms with Crippen LogP contribution in [0.2, 0.25) is 10.0 Å². The van der Waals surface area contributed by atoms with Crippen LogP contribution in [-0.4, -0.2) is 14.8 Å². The van der Waals surface area contributed by atoms with Crippen molar-refractivity contribution in [3.8, 4) is 0 Å². The molecule has 0 bridgehead atoms. The van der Waals surface area contributed by atoms with Crippen LogP contribution in [0.1, 0.15) is 52.4 Å². The molecule has 0 spiro atoms. The first-order valence-electron chi connectivity index (χ1n) is 7.50. The Morgan fingerprint density at radius 3 is 2.57 bits per heavy atom. The summed E-state index contributed by atoms with van der Waals surface area (Å²) in [7, 11) is 0. The molecule has 3 nitrogen and oxygen atoms in total. The lowest BCUT2D eigenvalue weighted by Gasteiger charge is -2.16. The highest BCUT2D eigenvalue weighted by Crippen LogP contribution is 2.35. The molecule has 0 radical (unpaired) electrons. The van der Waals surface area contributed by atoms with Crippen LogP contribution in [0.25, 0.3) is 11.0 Å². The van der Waals surface area contributed by atoms with Gasteiger partial charge in [0.05, 0.1) is 27.5 Å². The Morgan fingerprint density at radius 2 is 1.81 bits per heavy atom. The van der Waals surface area contributed by atoms with Crippen LogP contribution in [0.3, 0.4) is 0 Å². The Morgan fingerprint density at radius 1 is 1.10 bits per heavy atom. The third kappa shape index (κ3) is 4.44. The third-order valence-electron chi connectivity index (χ3n) is 3.58. The minimum Gasteiger partial charge on any atom is -0.380 e. The predicted octanol–water partition coefficient (Wildman–Crippen LogP) is 6.16. The number of unbranched alkanes of at least 4 members (excludes halogenated alkanes) is 4. The number of halogens is 2. The summed E-state index contributed by atoms with van der Waals surface area (Å²) in [5.74, 6) is 0. The fourth-order valence-electron chi connectivity index (χ4n) is 2.38. The first kappa shape index (κ1) is 16.8. The lowest BCUT2D eigenvalue weighted by atomic mass is 10.1. The number of hydrogen-bond donors (Lipinski definition) is 1. The molecule has 1 atom stereocenters. The van der Waals surface area contributed by atoms with Crippen molar-refractivity contribution in [2.24, 2.45) is 0 Å². The zero-order valence-corrected chi connectivity index (χ0v) is 14.8. The summed E-state index contributed by atoms with van der Waals surface area (Å²) in [6, 6.07) is 2.10. The highest BCUT2D eigenvalue weighted by atomic mass is 35.5. The maximum atomic E-state index is 6.30. The number of aromatic nitrogens is 2. The summed E-state index contributed by atoms with van der Waals surface area (Å²) in [6.07, 6.45) is 7.59. The van der Waals surface area contributed by atoms with Gasteiger partial charge in [0.25, 0.3) is 0 Å². The lowest BCUT2D eigenvalue weighted by molar-refractivity contribution is 0.579. The van der Waals surface area contributed by atoms with Crippen LogP contribution < -0.4 is 5.32 Å². The Kier molecular flexibility index (Phi) is 6.52. The molecule has 0 fully saturated rings. The van der Waals surface area contributed by atoms with E-state index >= 15 is 0 Å². The van der Waals surface area contributed by atoms with Crippen molar-refractivity contribution < 1.29 is 0 Å². The first-order chi connectivity index (χ1) is 10.1. The maximum Gasteiger partial charge on any atom is 0.130 e. The van der Waals surface area contributed by atoms with Gasteiger partial charge in [-0.25, -0.2) is 0 Å². The molecule has 1 heterocycles. The van der Waals surface area contributed by atoms with Crippen molar-refractivity contribution in [1.82, 2.24) is 8.75 Å². The van der Waals surface area contributed by atoms with E-state index in [-0.39, 0.29) is 0 Å². The zero-order valence-electron chi connectivity index (χ0n) is 12.5. The van der Waals surface area contributed by atoms with Gasteiger partial charge in [-0.05, 0) is 19.4 Å². The van der Waals surface area contributed by atoms with Crippen LogP contribution in [0.15, 0.2) is 6.07 Å². The van der Waals surface area contributed by atoms with E-state index in [9.17, 15) is 0 Å². The minimum atomic E-state index is 0.357. The molecule has 1 N–H and O–H groups in total. The van der Waals surface area contributed by atoms with Crippen molar-refractivity contribution in [2.75, 3.05) is 5.32 Å². The number of rotatable bonds is 8. The van der Waals surface area contributed by atoms with Crippen LogP contribution in [0, 0.1) is 0 Å². The second-order valence-corrected chi connectivity index (χ2v) is 6.77. The van der Waals surface area contributed by atoms with Crippen LogP contribution in [0.4, 0.5) is 5.69 Å². The number of anilines is 1. The molecule has 0 saturated heterocycles. The first-order valence-corrected chi connectivity index (χ1v) is 8.99. The molecule has 1 aromatic carbocycles. The van der Waals surface area contributed by atoms with E-state index < -0.39 is 0 Å². The van der Waals surface area contributed by atoms with Gasteiger partial charge in [0, 0.05) is 6.04 Å². The largest absolute Gasteiger partial charge is 0.380 e. The molecule has 0 aliphatic rings. The normalized spacial score (nSPS) is 12.8. The number of nitrogens with one attached hydrogen (secondary N) is 1. The Bertz CT molecular complexity index is 586. The number of benzene rings is 1. The smallest absolute Gasteiger partial charge is 0.130 e. The summed E-state index contributed by atoms with van der Waals surface area (Å²) in [4.78, 5) is 0. The quantitative estimate of drug-likeness (QED) is 0.582. The molecule has 2 aromatic rings. The standard InChI is InChI=1S/C15H21Cl2N3S/c1-3-4-5-6-7-8-10(2)18-13-11(16)9-12(17)14-15(13)20-21-19-14/h9-10,18H,3-8H2,1-2H3. The topological polar surface area (TPSA) is 37.8 Å². The van der Waals surface area contributed by atoms with Gasteiger partial charge < -0.3 is 5.32 Å². The van der Waals surface area contributed by atoms with E-state index in [4.69, 9.17) is 23.2 Å². The van der Waals surface area contributed by atoms with E-state index in [2.05, 4.69) is 27.9 Å². The molecule has 0 aliphatic carbocycles. The molecule has 0 amide bonds. The van der Waals surface area contributed by atoms with Crippen molar-refractivity contribution in [2.45, 2.75) is 58.4 Å². The predicted molar refractivity (Wildman–Crippen MR) is 93.9 cm³/mol. The summed E-state index contributed by atoms with van der Waals surface area (Å²) < 4.78 is 8.54. The van der Waals surface area contributed by atoms with Gasteiger partial charge in [0.2, 0.25) is 0 Å². The molecule has 6 heteroatoms. The molecular formula is C15H21Cl2N3S. The molecule has 116 valence electrons. The van der Waals surface area contributed by atoms with Gasteiger partial charge in [0.1, 0.15) is 11.0 Å². The minimum absolute atomic E-state index is 0.357. The van der Waals surface area contributed by atoms with Gasteiger partial charge in [-0.3, -0.25) is 0 Å². The van der Waals surface area contributed by atoms with Gasteiger partial charge in [-0.2, -0.15) is 8.75 Å². The number of fused-ring (bicyclic) bond motifs is 1. The van der Waals surface area contributed by atoms with Crippen LogP contribution >= 0.6 is 34.9 Å². The second kappa shape index (κ2) is 8.16. The Balaban J connectivity index is 1.98. The van der Waals surface area contributed by atoms with E-state index in [1.54, 1.807) is 6.07 Å². The molecule has 21 heavy (non-hydrogen) atoms. The van der Waals surface area contributed by atoms with Crippen molar-refractivity contribution >= 4 is 51.7 Å². The van der Waals surface area contributed by atoms with E-state index in [1.165, 1.54) is 32.1 Å². The van der Waals surface area contributed by atoms with Gasteiger partial charge in [0.15, 0.2) is 0 Å². The summed E-state index contributed by atoms with van der Waals surface area (Å²) in [6.45, 7) is 4.41. The molecule has 2 rings (SSSR count). The number of hydrogen-bond acceptors (Lipinski definition) is 4. The maximum absolute atomic E-state index is 6.30. The molecule has 0 saturated carbocycles. The van der Waals surface area contributed by atoms with Crippen LogP contribution in [0.5, 0.6) is 0 Å². The zero-order chi connectivity index (χ0) is 15.2. The molecular weight excluding hydrogens is 325 g/mol. The third-order valence-corrected chi connectivity index (χ3v) is 4.69. The molecule has 1 unspecified atom stereocenters. The van der Waals surface area contributed by atoms with E-state index in [1.807, 2.05) is 0 Å². The summed E-state index contributed by atoms with van der Waals surface area (Å²) in [5, 5.41) is 4.64. The summed E-state index contributed by atoms with van der Waals surface area (Å²) >= 11 is 13.6. The highest BCUT2D eigenvalue weighted by Gasteiger charge is 2.15. The monoisotopic (exact) mass is 345 g/mol. The lowest BCUT2D eigenvalue weighted by Crippen LogP contribution is -2.15. The Labute approximate surface area is 140 Å². The van der Waals surface area contributed by atoms with E-state index in [0.717, 1.165) is 34.9 Å². The highest BCUT2D eigenvalue weighted by molar-refractivity contribution is 7.00. The van der Waals surface area contributed by atoms with Gasteiger partial charge >= 0.3 is 0 Å². The fourth-order valence-corrected chi connectivity index (χ4v) is 3.55. The van der Waals surface area contributed by atoms with E-state index in [0.29, 0.717) is 16.1 Å². The molecule has 0 aliphatic heterocycles. The number of nitrogens with zero attached hydrogens (tertiary/aromatic N) is 2. The van der Waals surface area contributed by atoms with Gasteiger partial charge in [-0.15, -0.1) is 0 Å². The summed E-state index contributed by atoms with van der Waals surface area (Å²) in [5.41, 5.74) is 2.35. The van der Waals surface area contributed by atoms with Gasteiger partial charge in [-0.1, -0.05) is 62.2 Å². The molecule has 1 aromatic heterocycles.